The van der Waals surface area contributed by atoms with Gasteiger partial charge in [-0.25, -0.2) is 9.40 Å². The molecule has 0 aromatic heterocycles. The van der Waals surface area contributed by atoms with Crippen LogP contribution in [0, 0.1) is 25.6 Å². The lowest BCUT2D eigenvalue weighted by Gasteiger charge is -2.33. The fourth-order valence-electron chi connectivity index (χ4n) is 5.50. The van der Waals surface area contributed by atoms with E-state index in [0.717, 1.165) is 54.8 Å². The lowest BCUT2D eigenvalue weighted by atomic mass is 9.90. The van der Waals surface area contributed by atoms with E-state index in [4.69, 9.17) is 5.10 Å². The monoisotopic (exact) mass is 483 g/mol. The van der Waals surface area contributed by atoms with Crippen LogP contribution in [0.2, 0.25) is 0 Å². The van der Waals surface area contributed by atoms with Crippen LogP contribution < -0.4 is 0 Å². The van der Waals surface area contributed by atoms with Crippen LogP contribution >= 0.6 is 0 Å². The summed E-state index contributed by atoms with van der Waals surface area (Å²) >= 11 is 0. The number of rotatable bonds is 6. The number of hydrogen-bond donors (Lipinski definition) is 0. The van der Waals surface area contributed by atoms with Gasteiger partial charge in [0.15, 0.2) is 0 Å². The van der Waals surface area contributed by atoms with Crippen molar-refractivity contribution in [3.05, 3.63) is 106 Å². The Balaban J connectivity index is 1.30. The number of halogens is 1. The van der Waals surface area contributed by atoms with Gasteiger partial charge in [0.1, 0.15) is 5.82 Å². The quantitative estimate of drug-likeness (QED) is 0.426. The van der Waals surface area contributed by atoms with Gasteiger partial charge in [-0.2, -0.15) is 5.10 Å². The summed E-state index contributed by atoms with van der Waals surface area (Å²) in [7, 11) is 0. The number of hydrazone groups is 1. The van der Waals surface area contributed by atoms with Crippen molar-refractivity contribution in [2.75, 3.05) is 19.6 Å². The molecule has 0 aliphatic carbocycles. The third kappa shape index (κ3) is 5.41. The Bertz CT molecular complexity index is 1250. The van der Waals surface area contributed by atoms with Gasteiger partial charge < -0.3 is 0 Å². The van der Waals surface area contributed by atoms with E-state index in [0.29, 0.717) is 24.4 Å². The van der Waals surface area contributed by atoms with E-state index in [2.05, 4.69) is 67.3 Å². The zero-order valence-corrected chi connectivity index (χ0v) is 21.2. The Morgan fingerprint density at radius 2 is 1.69 bits per heavy atom. The van der Waals surface area contributed by atoms with Crippen molar-refractivity contribution in [1.82, 2.24) is 9.91 Å². The second-order valence-corrected chi connectivity index (χ2v) is 10.3. The SMILES string of the molecule is Cc1ccc(C)c(C2=NN(C(=O)CN3CCC(Cc4ccccc4)CC3)[C@@H](c3ccccc3F)C2)c1. The molecule has 0 bridgehead atoms. The Morgan fingerprint density at radius 1 is 0.972 bits per heavy atom. The largest absolute Gasteiger partial charge is 0.294 e. The molecule has 0 saturated carbocycles. The smallest absolute Gasteiger partial charge is 0.257 e. The van der Waals surface area contributed by atoms with Crippen LogP contribution in [-0.2, 0) is 11.2 Å². The van der Waals surface area contributed by atoms with Gasteiger partial charge in [0.25, 0.3) is 5.91 Å². The summed E-state index contributed by atoms with van der Waals surface area (Å²) in [6.07, 6.45) is 3.76. The molecule has 4 nitrogen and oxygen atoms in total. The number of hydrogen-bond acceptors (Lipinski definition) is 3. The van der Waals surface area contributed by atoms with E-state index >= 15 is 0 Å². The van der Waals surface area contributed by atoms with Crippen LogP contribution in [-0.4, -0.2) is 41.2 Å². The first-order valence-corrected chi connectivity index (χ1v) is 13.0. The van der Waals surface area contributed by atoms with Crippen molar-refractivity contribution in [3.63, 3.8) is 0 Å². The van der Waals surface area contributed by atoms with Crippen molar-refractivity contribution < 1.29 is 9.18 Å². The molecule has 1 fully saturated rings. The summed E-state index contributed by atoms with van der Waals surface area (Å²) < 4.78 is 14.8. The minimum absolute atomic E-state index is 0.0648. The second-order valence-electron chi connectivity index (χ2n) is 10.3. The third-order valence-corrected chi connectivity index (χ3v) is 7.57. The fraction of sp³-hybridized carbons (Fsp3) is 0.355. The predicted molar refractivity (Wildman–Crippen MR) is 142 cm³/mol. The van der Waals surface area contributed by atoms with Crippen LogP contribution in [0.1, 0.15) is 53.1 Å². The summed E-state index contributed by atoms with van der Waals surface area (Å²) in [5.41, 5.74) is 6.04. The number of likely N-dealkylation sites (tertiary alicyclic amines) is 1. The molecular formula is C31H34FN3O. The van der Waals surface area contributed by atoms with Crippen molar-refractivity contribution in [2.24, 2.45) is 11.0 Å². The molecule has 2 aliphatic rings. The standard InChI is InChI=1S/C31H34FN3O/c1-22-12-13-23(2)27(18-22)29-20-30(26-10-6-7-11-28(26)32)35(33-29)31(36)21-34-16-14-25(15-17-34)19-24-8-4-3-5-9-24/h3-13,18,25,30H,14-17,19-21H2,1-2H3/t30-/m1/s1. The molecule has 3 aromatic carbocycles. The minimum Gasteiger partial charge on any atom is -0.294 e. The fourth-order valence-corrected chi connectivity index (χ4v) is 5.50. The highest BCUT2D eigenvalue weighted by Gasteiger charge is 2.36. The Hall–Kier alpha value is -3.31. The lowest BCUT2D eigenvalue weighted by Crippen LogP contribution is -2.42. The van der Waals surface area contributed by atoms with Crippen LogP contribution in [0.5, 0.6) is 0 Å². The van der Waals surface area contributed by atoms with E-state index < -0.39 is 6.04 Å². The number of benzene rings is 3. The van der Waals surface area contributed by atoms with Gasteiger partial charge in [0, 0.05) is 17.5 Å². The van der Waals surface area contributed by atoms with Gasteiger partial charge in [0.05, 0.1) is 18.3 Å². The molecular weight excluding hydrogens is 449 g/mol. The number of carbonyl (C=O) groups is 1. The minimum atomic E-state index is -0.427. The van der Waals surface area contributed by atoms with Gasteiger partial charge in [-0.1, -0.05) is 66.2 Å². The normalized spacial score (nSPS) is 18.9. The van der Waals surface area contributed by atoms with E-state index in [1.54, 1.807) is 17.1 Å². The number of amides is 1. The average molecular weight is 484 g/mol. The highest BCUT2D eigenvalue weighted by atomic mass is 19.1. The Kier molecular flexibility index (Phi) is 7.28. The summed E-state index contributed by atoms with van der Waals surface area (Å²) in [5.74, 6) is 0.287. The summed E-state index contributed by atoms with van der Waals surface area (Å²) in [4.78, 5) is 15.8. The predicted octanol–water partition coefficient (Wildman–Crippen LogP) is 6.07. The van der Waals surface area contributed by atoms with E-state index in [9.17, 15) is 9.18 Å². The van der Waals surface area contributed by atoms with E-state index in [-0.39, 0.29) is 11.7 Å². The van der Waals surface area contributed by atoms with Crippen LogP contribution in [0.4, 0.5) is 4.39 Å². The molecule has 2 aliphatic heterocycles. The van der Waals surface area contributed by atoms with Crippen molar-refractivity contribution in [2.45, 2.75) is 45.6 Å². The number of carbonyl (C=O) groups excluding carboxylic acids is 1. The third-order valence-electron chi connectivity index (χ3n) is 7.57. The first-order chi connectivity index (χ1) is 17.5. The van der Waals surface area contributed by atoms with Gasteiger partial charge in [0.2, 0.25) is 0 Å². The molecule has 1 saturated heterocycles. The van der Waals surface area contributed by atoms with E-state index in [1.807, 2.05) is 6.07 Å². The lowest BCUT2D eigenvalue weighted by molar-refractivity contribution is -0.134. The molecule has 36 heavy (non-hydrogen) atoms. The summed E-state index contributed by atoms with van der Waals surface area (Å²) in [6, 6.07) is 23.2. The van der Waals surface area contributed by atoms with Gasteiger partial charge in [-0.3, -0.25) is 9.69 Å². The van der Waals surface area contributed by atoms with Crippen molar-refractivity contribution in [1.29, 1.82) is 0 Å². The summed E-state index contributed by atoms with van der Waals surface area (Å²) in [6.45, 7) is 6.22. The van der Waals surface area contributed by atoms with Crippen LogP contribution in [0.3, 0.4) is 0 Å². The highest BCUT2D eigenvalue weighted by molar-refractivity contribution is 6.04. The van der Waals surface area contributed by atoms with Gasteiger partial charge in [-0.15, -0.1) is 0 Å². The number of nitrogens with zero attached hydrogens (tertiary/aromatic N) is 3. The number of aryl methyl sites for hydroxylation is 2. The zero-order valence-electron chi connectivity index (χ0n) is 21.2. The highest BCUT2D eigenvalue weighted by Crippen LogP contribution is 2.35. The molecule has 0 N–H and O–H groups in total. The molecule has 5 rings (SSSR count). The van der Waals surface area contributed by atoms with E-state index in [1.165, 1.54) is 11.6 Å². The molecule has 0 radical (unpaired) electrons. The maximum absolute atomic E-state index is 14.8. The van der Waals surface area contributed by atoms with Crippen molar-refractivity contribution >= 4 is 11.6 Å². The average Bonchev–Trinajstić information content (AvgIpc) is 3.33. The second kappa shape index (κ2) is 10.8. The topological polar surface area (TPSA) is 35.9 Å². The first-order valence-electron chi connectivity index (χ1n) is 13.0. The maximum Gasteiger partial charge on any atom is 0.257 e. The molecule has 5 heteroatoms. The Morgan fingerprint density at radius 3 is 2.44 bits per heavy atom. The first kappa shape index (κ1) is 24.4. The summed E-state index contributed by atoms with van der Waals surface area (Å²) in [5, 5.41) is 6.35. The zero-order chi connectivity index (χ0) is 25.1. The Labute approximate surface area is 213 Å². The van der Waals surface area contributed by atoms with Gasteiger partial charge in [-0.05, 0) is 75.4 Å². The molecule has 186 valence electrons. The van der Waals surface area contributed by atoms with Crippen LogP contribution in [0.25, 0.3) is 0 Å². The van der Waals surface area contributed by atoms with Crippen LogP contribution in [0.15, 0.2) is 77.9 Å². The molecule has 3 aromatic rings. The molecule has 1 amide bonds. The van der Waals surface area contributed by atoms with Gasteiger partial charge >= 0.3 is 0 Å². The maximum atomic E-state index is 14.8. The number of piperidine rings is 1. The van der Waals surface area contributed by atoms with Crippen molar-refractivity contribution in [3.8, 4) is 0 Å². The molecule has 1 atom stereocenters. The molecule has 0 spiro atoms. The molecule has 2 heterocycles. The molecule has 0 unspecified atom stereocenters.